The lowest BCUT2D eigenvalue weighted by Crippen LogP contribution is -2.52. The Bertz CT molecular complexity index is 765. The number of hydrogen-bond donors (Lipinski definition) is 1. The van der Waals surface area contributed by atoms with E-state index in [9.17, 15) is 5.11 Å². The van der Waals surface area contributed by atoms with E-state index in [4.69, 9.17) is 9.47 Å². The van der Waals surface area contributed by atoms with Gasteiger partial charge in [0, 0.05) is 45.4 Å². The van der Waals surface area contributed by atoms with Crippen molar-refractivity contribution in [1.82, 2.24) is 9.80 Å². The fourth-order valence-corrected chi connectivity index (χ4v) is 3.98. The van der Waals surface area contributed by atoms with Crippen molar-refractivity contribution >= 4 is 0 Å². The molecule has 28 heavy (non-hydrogen) atoms. The van der Waals surface area contributed by atoms with Gasteiger partial charge >= 0.3 is 0 Å². The summed E-state index contributed by atoms with van der Waals surface area (Å²) in [5.74, 6) is 1.53. The number of aliphatic hydroxyl groups excluding tert-OH is 1. The van der Waals surface area contributed by atoms with Crippen molar-refractivity contribution < 1.29 is 14.6 Å². The first-order chi connectivity index (χ1) is 13.6. The molecule has 1 heterocycles. The first kappa shape index (κ1) is 20.6. The minimum atomic E-state index is 0.221. The average molecular weight is 385 g/mol. The van der Waals surface area contributed by atoms with Crippen LogP contribution in [-0.2, 0) is 13.1 Å². The molecule has 5 heteroatoms. The van der Waals surface area contributed by atoms with Gasteiger partial charge in [0.25, 0.3) is 0 Å². The largest absolute Gasteiger partial charge is 0.493 e. The molecule has 5 nitrogen and oxygen atoms in total. The Kier molecular flexibility index (Phi) is 7.31. The number of methoxy groups -OCH3 is 2. The molecular formula is C23H32N2O3. The van der Waals surface area contributed by atoms with Crippen LogP contribution in [-0.4, -0.2) is 61.4 Å². The molecule has 1 N–H and O–H groups in total. The number of aryl methyl sites for hydroxylation is 1. The van der Waals surface area contributed by atoms with Crippen molar-refractivity contribution in [2.45, 2.75) is 32.5 Å². The Morgan fingerprint density at radius 2 is 1.79 bits per heavy atom. The number of rotatable bonds is 8. The normalized spacial score (nSPS) is 18.2. The number of piperazine rings is 1. The summed E-state index contributed by atoms with van der Waals surface area (Å²) in [4.78, 5) is 4.99. The number of ether oxygens (including phenoxy) is 2. The molecule has 1 aliphatic rings. The van der Waals surface area contributed by atoms with Gasteiger partial charge in [0.2, 0.25) is 0 Å². The standard InChI is InChI=1S/C23H32N2O3/c1-18-6-4-5-7-20(18)16-25-12-11-24(17-21(25)10-13-26)15-19-8-9-22(27-2)23(14-19)28-3/h4-9,14,21,26H,10-13,15-17H2,1-3H3. The Hall–Kier alpha value is -2.08. The van der Waals surface area contributed by atoms with Gasteiger partial charge in [-0.1, -0.05) is 30.3 Å². The van der Waals surface area contributed by atoms with Gasteiger partial charge in [-0.3, -0.25) is 9.80 Å². The van der Waals surface area contributed by atoms with Crippen LogP contribution in [0.2, 0.25) is 0 Å². The van der Waals surface area contributed by atoms with Gasteiger partial charge in [0.05, 0.1) is 14.2 Å². The lowest BCUT2D eigenvalue weighted by Gasteiger charge is -2.41. The minimum absolute atomic E-state index is 0.221. The molecule has 0 radical (unpaired) electrons. The van der Waals surface area contributed by atoms with Crippen LogP contribution in [0.5, 0.6) is 11.5 Å². The van der Waals surface area contributed by atoms with Crippen molar-refractivity contribution in [3.8, 4) is 11.5 Å². The molecule has 2 aromatic rings. The summed E-state index contributed by atoms with van der Waals surface area (Å²) in [5, 5.41) is 9.58. The third-order valence-corrected chi connectivity index (χ3v) is 5.64. The van der Waals surface area contributed by atoms with Gasteiger partial charge < -0.3 is 14.6 Å². The van der Waals surface area contributed by atoms with E-state index in [2.05, 4.69) is 53.1 Å². The van der Waals surface area contributed by atoms with E-state index >= 15 is 0 Å². The van der Waals surface area contributed by atoms with E-state index < -0.39 is 0 Å². The van der Waals surface area contributed by atoms with Gasteiger partial charge in [-0.25, -0.2) is 0 Å². The highest BCUT2D eigenvalue weighted by Gasteiger charge is 2.27. The summed E-state index contributed by atoms with van der Waals surface area (Å²) in [6, 6.07) is 15.1. The molecule has 1 atom stereocenters. The molecule has 1 fully saturated rings. The first-order valence-corrected chi connectivity index (χ1v) is 9.97. The topological polar surface area (TPSA) is 45.2 Å². The molecule has 0 saturated carbocycles. The smallest absolute Gasteiger partial charge is 0.161 e. The van der Waals surface area contributed by atoms with E-state index in [1.54, 1.807) is 14.2 Å². The molecule has 0 aromatic heterocycles. The maximum absolute atomic E-state index is 9.58. The number of hydrogen-bond acceptors (Lipinski definition) is 5. The molecule has 0 aliphatic carbocycles. The summed E-state index contributed by atoms with van der Waals surface area (Å²) in [7, 11) is 3.33. The van der Waals surface area contributed by atoms with E-state index in [0.717, 1.165) is 50.6 Å². The van der Waals surface area contributed by atoms with E-state index in [1.165, 1.54) is 16.7 Å². The molecule has 152 valence electrons. The quantitative estimate of drug-likeness (QED) is 0.758. The molecule has 1 saturated heterocycles. The summed E-state index contributed by atoms with van der Waals surface area (Å²) >= 11 is 0. The molecule has 0 spiro atoms. The second-order valence-corrected chi connectivity index (χ2v) is 7.49. The highest BCUT2D eigenvalue weighted by Crippen LogP contribution is 2.28. The maximum atomic E-state index is 9.58. The number of benzene rings is 2. The first-order valence-electron chi connectivity index (χ1n) is 9.97. The summed E-state index contributed by atoms with van der Waals surface area (Å²) in [6.45, 7) is 7.19. The Morgan fingerprint density at radius 3 is 2.50 bits per heavy atom. The highest BCUT2D eigenvalue weighted by atomic mass is 16.5. The fraction of sp³-hybridized carbons (Fsp3) is 0.478. The Labute approximate surface area is 168 Å². The second kappa shape index (κ2) is 9.92. The van der Waals surface area contributed by atoms with Crippen LogP contribution in [0.25, 0.3) is 0 Å². The average Bonchev–Trinajstić information content (AvgIpc) is 2.71. The third kappa shape index (κ3) is 5.04. The molecule has 1 unspecified atom stereocenters. The summed E-state index contributed by atoms with van der Waals surface area (Å²) in [5.41, 5.74) is 3.92. The van der Waals surface area contributed by atoms with Crippen molar-refractivity contribution in [3.63, 3.8) is 0 Å². The predicted molar refractivity (Wildman–Crippen MR) is 112 cm³/mol. The van der Waals surface area contributed by atoms with Crippen molar-refractivity contribution in [3.05, 3.63) is 59.2 Å². The van der Waals surface area contributed by atoms with Gasteiger partial charge in [0.15, 0.2) is 11.5 Å². The van der Waals surface area contributed by atoms with E-state index in [0.29, 0.717) is 6.04 Å². The zero-order chi connectivity index (χ0) is 19.9. The molecule has 1 aliphatic heterocycles. The van der Waals surface area contributed by atoms with Gasteiger partial charge in [-0.2, -0.15) is 0 Å². The summed E-state index contributed by atoms with van der Waals surface area (Å²) in [6.07, 6.45) is 0.800. The van der Waals surface area contributed by atoms with Crippen LogP contribution in [0.1, 0.15) is 23.1 Å². The number of aliphatic hydroxyl groups is 1. The molecule has 3 rings (SSSR count). The molecule has 0 bridgehead atoms. The molecular weight excluding hydrogens is 352 g/mol. The SMILES string of the molecule is COc1ccc(CN2CCN(Cc3ccccc3C)C(CCO)C2)cc1OC. The van der Waals surface area contributed by atoms with Gasteiger partial charge in [-0.05, 0) is 42.2 Å². The predicted octanol–water partition coefficient (Wildman–Crippen LogP) is 3.08. The lowest BCUT2D eigenvalue weighted by molar-refractivity contribution is 0.0498. The van der Waals surface area contributed by atoms with Crippen LogP contribution >= 0.6 is 0 Å². The monoisotopic (exact) mass is 384 g/mol. The van der Waals surface area contributed by atoms with Crippen LogP contribution in [0.3, 0.4) is 0 Å². The highest BCUT2D eigenvalue weighted by molar-refractivity contribution is 5.42. The van der Waals surface area contributed by atoms with Crippen molar-refractivity contribution in [2.75, 3.05) is 40.5 Å². The Balaban J connectivity index is 1.66. The van der Waals surface area contributed by atoms with E-state index in [1.807, 2.05) is 6.07 Å². The van der Waals surface area contributed by atoms with Crippen LogP contribution in [0.4, 0.5) is 0 Å². The van der Waals surface area contributed by atoms with Crippen LogP contribution in [0, 0.1) is 6.92 Å². The van der Waals surface area contributed by atoms with Gasteiger partial charge in [0.1, 0.15) is 0 Å². The fourth-order valence-electron chi connectivity index (χ4n) is 3.98. The minimum Gasteiger partial charge on any atom is -0.493 e. The number of nitrogens with zero attached hydrogens (tertiary/aromatic N) is 2. The second-order valence-electron chi connectivity index (χ2n) is 7.49. The zero-order valence-corrected chi connectivity index (χ0v) is 17.2. The zero-order valence-electron chi connectivity index (χ0n) is 17.2. The molecule has 0 amide bonds. The third-order valence-electron chi connectivity index (χ3n) is 5.64. The van der Waals surface area contributed by atoms with E-state index in [-0.39, 0.29) is 6.61 Å². The van der Waals surface area contributed by atoms with Crippen LogP contribution < -0.4 is 9.47 Å². The van der Waals surface area contributed by atoms with Crippen LogP contribution in [0.15, 0.2) is 42.5 Å². The maximum Gasteiger partial charge on any atom is 0.161 e. The Morgan fingerprint density at radius 1 is 1.00 bits per heavy atom. The van der Waals surface area contributed by atoms with Crippen molar-refractivity contribution in [1.29, 1.82) is 0 Å². The summed E-state index contributed by atoms with van der Waals surface area (Å²) < 4.78 is 10.8. The molecule has 2 aromatic carbocycles. The lowest BCUT2D eigenvalue weighted by atomic mass is 10.0. The van der Waals surface area contributed by atoms with Crippen molar-refractivity contribution in [2.24, 2.45) is 0 Å². The van der Waals surface area contributed by atoms with Gasteiger partial charge in [-0.15, -0.1) is 0 Å².